The third-order valence-electron chi connectivity index (χ3n) is 5.63. The molecular formula is C24H26N2O3. The second-order valence-corrected chi connectivity index (χ2v) is 8.00. The third kappa shape index (κ3) is 5.11. The molecule has 1 saturated carbocycles. The zero-order valence-electron chi connectivity index (χ0n) is 16.5. The molecule has 2 aliphatic rings. The average Bonchev–Trinajstić information content (AvgIpc) is 3.58. The largest absolute Gasteiger partial charge is 0.326 e. The van der Waals surface area contributed by atoms with Crippen LogP contribution >= 0.6 is 0 Å². The van der Waals surface area contributed by atoms with Crippen molar-refractivity contribution >= 4 is 29.0 Å². The highest BCUT2D eigenvalue weighted by Crippen LogP contribution is 2.30. The Morgan fingerprint density at radius 1 is 0.793 bits per heavy atom. The van der Waals surface area contributed by atoms with Gasteiger partial charge in [0.2, 0.25) is 11.8 Å². The fourth-order valence-electron chi connectivity index (χ4n) is 3.73. The minimum atomic E-state index is -0.189. The summed E-state index contributed by atoms with van der Waals surface area (Å²) >= 11 is 0. The van der Waals surface area contributed by atoms with Gasteiger partial charge in [0.1, 0.15) is 0 Å². The Morgan fingerprint density at radius 2 is 1.45 bits per heavy atom. The molecule has 4 rings (SSSR count). The highest BCUT2D eigenvalue weighted by Gasteiger charge is 2.29. The van der Waals surface area contributed by atoms with E-state index in [-0.39, 0.29) is 36.4 Å². The highest BCUT2D eigenvalue weighted by atomic mass is 16.2. The monoisotopic (exact) mass is 390 g/mol. The molecule has 0 atom stereocenters. The van der Waals surface area contributed by atoms with Crippen molar-refractivity contribution in [3.05, 3.63) is 59.2 Å². The van der Waals surface area contributed by atoms with Crippen molar-refractivity contribution in [2.45, 2.75) is 51.4 Å². The van der Waals surface area contributed by atoms with E-state index in [1.54, 1.807) is 24.3 Å². The van der Waals surface area contributed by atoms with E-state index in [1.165, 1.54) is 24.0 Å². The van der Waals surface area contributed by atoms with E-state index in [0.29, 0.717) is 11.3 Å². The summed E-state index contributed by atoms with van der Waals surface area (Å²) in [6.07, 6.45) is 6.79. The van der Waals surface area contributed by atoms with E-state index in [0.717, 1.165) is 31.4 Å². The van der Waals surface area contributed by atoms with E-state index in [2.05, 4.69) is 16.7 Å². The average molecular weight is 390 g/mol. The predicted octanol–water partition coefficient (Wildman–Crippen LogP) is 4.52. The molecule has 0 spiro atoms. The summed E-state index contributed by atoms with van der Waals surface area (Å²) in [7, 11) is 0. The Balaban J connectivity index is 1.26. The van der Waals surface area contributed by atoms with Crippen LogP contribution in [-0.4, -0.2) is 17.6 Å². The van der Waals surface area contributed by atoms with Crippen LogP contribution in [0.15, 0.2) is 42.5 Å². The summed E-state index contributed by atoms with van der Waals surface area (Å²) in [6.45, 7) is 0. The number of nitrogens with one attached hydrogen (secondary N) is 2. The molecule has 0 radical (unpaired) electrons. The van der Waals surface area contributed by atoms with Gasteiger partial charge >= 0.3 is 0 Å². The van der Waals surface area contributed by atoms with Crippen LogP contribution in [0.1, 0.15) is 60.0 Å². The predicted molar refractivity (Wildman–Crippen MR) is 113 cm³/mol. The van der Waals surface area contributed by atoms with Crippen LogP contribution < -0.4 is 10.6 Å². The molecule has 150 valence electrons. The number of aryl methyl sites for hydroxylation is 2. The molecule has 0 unspecified atom stereocenters. The van der Waals surface area contributed by atoms with Crippen molar-refractivity contribution in [1.29, 1.82) is 0 Å². The Kier molecular flexibility index (Phi) is 5.74. The van der Waals surface area contributed by atoms with Crippen LogP contribution in [0.3, 0.4) is 0 Å². The summed E-state index contributed by atoms with van der Waals surface area (Å²) in [5, 5.41) is 5.68. The number of carbonyl (C=O) groups excluding carboxylic acids is 3. The van der Waals surface area contributed by atoms with E-state index >= 15 is 0 Å². The van der Waals surface area contributed by atoms with Crippen LogP contribution in [0.2, 0.25) is 0 Å². The molecule has 0 aliphatic heterocycles. The Labute approximate surface area is 170 Å². The van der Waals surface area contributed by atoms with Crippen molar-refractivity contribution in [3.63, 3.8) is 0 Å². The number of hydrogen-bond acceptors (Lipinski definition) is 3. The number of hydrogen-bond donors (Lipinski definition) is 2. The topological polar surface area (TPSA) is 75.3 Å². The molecule has 2 aromatic rings. The molecule has 0 bridgehead atoms. The Hall–Kier alpha value is -2.95. The first kappa shape index (κ1) is 19.4. The molecule has 5 heteroatoms. The van der Waals surface area contributed by atoms with Crippen molar-refractivity contribution in [3.8, 4) is 0 Å². The van der Waals surface area contributed by atoms with Gasteiger partial charge in [0.25, 0.3) is 0 Å². The summed E-state index contributed by atoms with van der Waals surface area (Å²) < 4.78 is 0. The SMILES string of the molecule is O=C(CCC(=O)c1ccc2c(c1)CCCC2)Nc1ccc(NC(=O)C2CC2)cc1. The Morgan fingerprint density at radius 3 is 2.14 bits per heavy atom. The first-order chi connectivity index (χ1) is 14.1. The van der Waals surface area contributed by atoms with Crippen molar-refractivity contribution in [2.75, 3.05) is 10.6 Å². The number of amides is 2. The molecule has 2 aliphatic carbocycles. The molecule has 2 N–H and O–H groups in total. The van der Waals surface area contributed by atoms with E-state index < -0.39 is 0 Å². The fourth-order valence-corrected chi connectivity index (χ4v) is 3.73. The first-order valence-electron chi connectivity index (χ1n) is 10.4. The van der Waals surface area contributed by atoms with Gasteiger partial charge in [-0.2, -0.15) is 0 Å². The fraction of sp³-hybridized carbons (Fsp3) is 0.375. The lowest BCUT2D eigenvalue weighted by Crippen LogP contribution is -2.15. The maximum absolute atomic E-state index is 12.5. The Bertz CT molecular complexity index is 930. The highest BCUT2D eigenvalue weighted by molar-refractivity contribution is 6.00. The smallest absolute Gasteiger partial charge is 0.227 e. The number of rotatable bonds is 7. The van der Waals surface area contributed by atoms with E-state index in [1.807, 2.05) is 12.1 Å². The lowest BCUT2D eigenvalue weighted by atomic mass is 9.89. The van der Waals surface area contributed by atoms with Crippen molar-refractivity contribution in [1.82, 2.24) is 0 Å². The molecular weight excluding hydrogens is 364 g/mol. The van der Waals surface area contributed by atoms with Crippen molar-refractivity contribution < 1.29 is 14.4 Å². The quantitative estimate of drug-likeness (QED) is 0.683. The lowest BCUT2D eigenvalue weighted by Gasteiger charge is -2.16. The minimum absolute atomic E-state index is 0.00617. The lowest BCUT2D eigenvalue weighted by molar-refractivity contribution is -0.117. The van der Waals surface area contributed by atoms with Gasteiger partial charge in [-0.05, 0) is 80.0 Å². The van der Waals surface area contributed by atoms with Crippen LogP contribution in [0, 0.1) is 5.92 Å². The number of Topliss-reactive ketones (excluding diaryl/α,β-unsaturated/α-hetero) is 1. The molecule has 2 aromatic carbocycles. The molecule has 0 saturated heterocycles. The summed E-state index contributed by atoms with van der Waals surface area (Å²) in [5.74, 6) is 0.0299. The van der Waals surface area contributed by atoms with E-state index in [4.69, 9.17) is 0 Å². The number of benzene rings is 2. The second-order valence-electron chi connectivity index (χ2n) is 8.00. The van der Waals surface area contributed by atoms with Gasteiger partial charge in [-0.3, -0.25) is 14.4 Å². The van der Waals surface area contributed by atoms with Crippen LogP contribution in [0.4, 0.5) is 11.4 Å². The summed E-state index contributed by atoms with van der Waals surface area (Å²) in [5.41, 5.74) is 4.71. The molecule has 5 nitrogen and oxygen atoms in total. The van der Waals surface area contributed by atoms with Gasteiger partial charge in [0.05, 0.1) is 0 Å². The van der Waals surface area contributed by atoms with Crippen LogP contribution in [0.5, 0.6) is 0 Å². The zero-order valence-corrected chi connectivity index (χ0v) is 16.5. The molecule has 0 heterocycles. The van der Waals surface area contributed by atoms with Gasteiger partial charge in [-0.1, -0.05) is 12.1 Å². The normalized spacial score (nSPS) is 15.3. The molecule has 29 heavy (non-hydrogen) atoms. The maximum atomic E-state index is 12.5. The standard InChI is InChI=1S/C24H26N2O3/c27-22(19-8-5-16-3-1-2-4-18(16)15-19)13-14-23(28)25-20-9-11-21(12-10-20)26-24(29)17-6-7-17/h5,8-12,15,17H,1-4,6-7,13-14H2,(H,25,28)(H,26,29). The van der Waals surface area contributed by atoms with Crippen molar-refractivity contribution in [2.24, 2.45) is 5.92 Å². The van der Waals surface area contributed by atoms with Gasteiger partial charge in [-0.25, -0.2) is 0 Å². The summed E-state index contributed by atoms with van der Waals surface area (Å²) in [6, 6.07) is 13.0. The van der Waals surface area contributed by atoms with Gasteiger partial charge in [0, 0.05) is 35.7 Å². The van der Waals surface area contributed by atoms with Gasteiger partial charge in [-0.15, -0.1) is 0 Å². The first-order valence-corrected chi connectivity index (χ1v) is 10.4. The number of anilines is 2. The zero-order chi connectivity index (χ0) is 20.2. The maximum Gasteiger partial charge on any atom is 0.227 e. The number of ketones is 1. The third-order valence-corrected chi connectivity index (χ3v) is 5.63. The second kappa shape index (κ2) is 8.60. The minimum Gasteiger partial charge on any atom is -0.326 e. The molecule has 2 amide bonds. The van der Waals surface area contributed by atoms with Crippen LogP contribution in [0.25, 0.3) is 0 Å². The number of carbonyl (C=O) groups is 3. The van der Waals surface area contributed by atoms with E-state index in [9.17, 15) is 14.4 Å². The van der Waals surface area contributed by atoms with Crippen LogP contribution in [-0.2, 0) is 22.4 Å². The number of fused-ring (bicyclic) bond motifs is 1. The van der Waals surface area contributed by atoms with Gasteiger partial charge < -0.3 is 10.6 Å². The van der Waals surface area contributed by atoms with Gasteiger partial charge in [0.15, 0.2) is 5.78 Å². The molecule has 1 fully saturated rings. The molecule has 0 aromatic heterocycles. The summed E-state index contributed by atoms with van der Waals surface area (Å²) in [4.78, 5) is 36.5.